The highest BCUT2D eigenvalue weighted by Crippen LogP contribution is 2.35. The van der Waals surface area contributed by atoms with Crippen LogP contribution in [-0.2, 0) is 4.79 Å². The number of ketones is 1. The van der Waals surface area contributed by atoms with Gasteiger partial charge in [-0.25, -0.2) is 0 Å². The summed E-state index contributed by atoms with van der Waals surface area (Å²) in [5, 5.41) is 0. The van der Waals surface area contributed by atoms with Gasteiger partial charge in [-0.15, -0.1) is 0 Å². The molecule has 3 nitrogen and oxygen atoms in total. The first-order chi connectivity index (χ1) is 14.8. The molecule has 0 N–H and O–H groups in total. The molecule has 176 valence electrons. The Hall–Kier alpha value is -1.64. The predicted molar refractivity (Wildman–Crippen MR) is 135 cm³/mol. The lowest BCUT2D eigenvalue weighted by molar-refractivity contribution is -0.117. The van der Waals surface area contributed by atoms with Crippen molar-refractivity contribution in [2.24, 2.45) is 22.7 Å². The number of Topliss-reactive ketones (excluding diaryl/α,β-unsaturated/α-hetero) is 1. The lowest BCUT2D eigenvalue weighted by atomic mass is 9.76. The molecule has 2 rings (SSSR count). The standard InChI is InChI=1S/C26H41NO2.C2H6/c1-7-25(27-26-15-14-24(17-20(26)5)29-18(2)3)23-12-10-22(11-13-23)9-8-19(4)16-21(6)28;1-2/h14-15,17-19,22-23H,7-13,16H2,1-6H3;1-2H3/t19-,22?,23?;/m0./s1. The van der Waals surface area contributed by atoms with Gasteiger partial charge in [0.05, 0.1) is 11.8 Å². The molecule has 1 aliphatic carbocycles. The summed E-state index contributed by atoms with van der Waals surface area (Å²) < 4.78 is 5.80. The van der Waals surface area contributed by atoms with Crippen molar-refractivity contribution in [2.75, 3.05) is 0 Å². The maximum absolute atomic E-state index is 11.3. The summed E-state index contributed by atoms with van der Waals surface area (Å²) in [6, 6.07) is 6.24. The Kier molecular flexibility index (Phi) is 12.7. The number of hydrogen-bond donors (Lipinski definition) is 0. The van der Waals surface area contributed by atoms with Crippen LogP contribution in [0.15, 0.2) is 23.2 Å². The van der Waals surface area contributed by atoms with Gasteiger partial charge in [-0.1, -0.05) is 40.5 Å². The van der Waals surface area contributed by atoms with E-state index in [1.54, 1.807) is 6.92 Å². The van der Waals surface area contributed by atoms with Gasteiger partial charge < -0.3 is 9.53 Å². The van der Waals surface area contributed by atoms with Crippen LogP contribution >= 0.6 is 0 Å². The van der Waals surface area contributed by atoms with Gasteiger partial charge in [0.25, 0.3) is 0 Å². The SMILES string of the molecule is CC.CCC(=Nc1ccc(OC(C)C)cc1C)C1CCC(CC[C@H](C)CC(C)=O)CC1. The van der Waals surface area contributed by atoms with E-state index < -0.39 is 0 Å². The maximum Gasteiger partial charge on any atom is 0.130 e. The average Bonchev–Trinajstić information content (AvgIpc) is 2.73. The van der Waals surface area contributed by atoms with Gasteiger partial charge in [-0.3, -0.25) is 4.99 Å². The number of aliphatic imine (C=N–C) groups is 1. The molecule has 1 aromatic carbocycles. The zero-order valence-corrected chi connectivity index (χ0v) is 21.5. The van der Waals surface area contributed by atoms with Crippen LogP contribution in [0.3, 0.4) is 0 Å². The highest BCUT2D eigenvalue weighted by molar-refractivity contribution is 5.89. The maximum atomic E-state index is 11.3. The summed E-state index contributed by atoms with van der Waals surface area (Å²) in [6.45, 7) is 16.4. The average molecular weight is 430 g/mol. The van der Waals surface area contributed by atoms with E-state index in [4.69, 9.17) is 9.73 Å². The number of nitrogens with zero attached hydrogens (tertiary/aromatic N) is 1. The van der Waals surface area contributed by atoms with Crippen molar-refractivity contribution in [2.45, 2.75) is 113 Å². The van der Waals surface area contributed by atoms with Crippen molar-refractivity contribution < 1.29 is 9.53 Å². The zero-order valence-electron chi connectivity index (χ0n) is 21.5. The van der Waals surface area contributed by atoms with Gasteiger partial charge >= 0.3 is 0 Å². The number of rotatable bonds is 10. The Morgan fingerprint density at radius 3 is 2.29 bits per heavy atom. The molecule has 1 aliphatic rings. The molecular formula is C28H47NO2. The van der Waals surface area contributed by atoms with Crippen molar-refractivity contribution in [3.8, 4) is 5.75 Å². The van der Waals surface area contributed by atoms with E-state index in [2.05, 4.69) is 46.8 Å². The predicted octanol–water partition coefficient (Wildman–Crippen LogP) is 8.49. The molecule has 0 aromatic heterocycles. The van der Waals surface area contributed by atoms with Crippen molar-refractivity contribution in [1.29, 1.82) is 0 Å². The van der Waals surface area contributed by atoms with E-state index in [9.17, 15) is 4.79 Å². The zero-order chi connectivity index (χ0) is 23.4. The van der Waals surface area contributed by atoms with Crippen molar-refractivity contribution in [3.05, 3.63) is 23.8 Å². The fourth-order valence-corrected chi connectivity index (χ4v) is 4.61. The molecule has 1 fully saturated rings. The molecule has 0 amide bonds. The summed E-state index contributed by atoms with van der Waals surface area (Å²) in [6.07, 6.45) is 9.53. The van der Waals surface area contributed by atoms with Crippen LogP contribution in [0.1, 0.15) is 105 Å². The van der Waals surface area contributed by atoms with E-state index in [0.29, 0.717) is 17.6 Å². The third-order valence-electron chi connectivity index (χ3n) is 6.19. The van der Waals surface area contributed by atoms with Crippen LogP contribution in [0, 0.1) is 24.7 Å². The van der Waals surface area contributed by atoms with Crippen LogP contribution in [0.2, 0.25) is 0 Å². The fourth-order valence-electron chi connectivity index (χ4n) is 4.61. The second-order valence-corrected chi connectivity index (χ2v) is 9.38. The number of aryl methyl sites for hydroxylation is 1. The van der Waals surface area contributed by atoms with Gasteiger partial charge in [0.2, 0.25) is 0 Å². The molecule has 0 aliphatic heterocycles. The molecule has 0 unspecified atom stereocenters. The van der Waals surface area contributed by atoms with Crippen LogP contribution in [0.4, 0.5) is 5.69 Å². The summed E-state index contributed by atoms with van der Waals surface area (Å²) in [5.74, 6) is 3.23. The molecule has 0 saturated heterocycles. The number of benzene rings is 1. The van der Waals surface area contributed by atoms with Gasteiger partial charge in [-0.2, -0.15) is 0 Å². The number of ether oxygens (including phenoxy) is 1. The third kappa shape index (κ3) is 10.0. The quantitative estimate of drug-likeness (QED) is 0.350. The number of carbonyl (C=O) groups excluding carboxylic acids is 1. The second kappa shape index (κ2) is 14.4. The number of hydrogen-bond acceptors (Lipinski definition) is 3. The first kappa shape index (κ1) is 27.4. The molecule has 0 bridgehead atoms. The van der Waals surface area contributed by atoms with E-state index in [-0.39, 0.29) is 6.10 Å². The fraction of sp³-hybridized carbons (Fsp3) is 0.714. The highest BCUT2D eigenvalue weighted by Gasteiger charge is 2.24. The minimum atomic E-state index is 0.190. The topological polar surface area (TPSA) is 38.7 Å². The van der Waals surface area contributed by atoms with Crippen LogP contribution in [0.5, 0.6) is 5.75 Å². The molecule has 0 heterocycles. The van der Waals surface area contributed by atoms with Crippen molar-refractivity contribution in [3.63, 3.8) is 0 Å². The Morgan fingerprint density at radius 1 is 1.13 bits per heavy atom. The minimum absolute atomic E-state index is 0.190. The Labute approximate surface area is 192 Å². The summed E-state index contributed by atoms with van der Waals surface area (Å²) >= 11 is 0. The van der Waals surface area contributed by atoms with E-state index in [1.165, 1.54) is 49.8 Å². The van der Waals surface area contributed by atoms with Crippen LogP contribution < -0.4 is 4.74 Å². The molecule has 1 atom stereocenters. The molecule has 0 radical (unpaired) electrons. The smallest absolute Gasteiger partial charge is 0.130 e. The van der Waals surface area contributed by atoms with Gasteiger partial charge in [0, 0.05) is 12.1 Å². The minimum Gasteiger partial charge on any atom is -0.491 e. The van der Waals surface area contributed by atoms with E-state index in [1.807, 2.05) is 19.9 Å². The molecule has 0 spiro atoms. The largest absolute Gasteiger partial charge is 0.491 e. The van der Waals surface area contributed by atoms with Gasteiger partial charge in [0.1, 0.15) is 11.5 Å². The monoisotopic (exact) mass is 429 g/mol. The molecular weight excluding hydrogens is 382 g/mol. The highest BCUT2D eigenvalue weighted by atomic mass is 16.5. The van der Waals surface area contributed by atoms with Gasteiger partial charge in [0.15, 0.2) is 0 Å². The first-order valence-electron chi connectivity index (χ1n) is 12.6. The molecule has 31 heavy (non-hydrogen) atoms. The summed E-state index contributed by atoms with van der Waals surface area (Å²) in [5.41, 5.74) is 3.62. The lowest BCUT2D eigenvalue weighted by Crippen LogP contribution is -2.22. The molecule has 3 heteroatoms. The van der Waals surface area contributed by atoms with E-state index >= 15 is 0 Å². The summed E-state index contributed by atoms with van der Waals surface area (Å²) in [4.78, 5) is 16.4. The summed E-state index contributed by atoms with van der Waals surface area (Å²) in [7, 11) is 0. The molecule has 1 saturated carbocycles. The normalized spacial score (nSPS) is 20.1. The Bertz CT molecular complexity index is 684. The van der Waals surface area contributed by atoms with Crippen molar-refractivity contribution in [1.82, 2.24) is 0 Å². The van der Waals surface area contributed by atoms with Crippen molar-refractivity contribution >= 4 is 17.2 Å². The van der Waals surface area contributed by atoms with Crippen LogP contribution in [-0.4, -0.2) is 17.6 Å². The lowest BCUT2D eigenvalue weighted by Gasteiger charge is -2.30. The Morgan fingerprint density at radius 2 is 1.77 bits per heavy atom. The second-order valence-electron chi connectivity index (χ2n) is 9.38. The first-order valence-corrected chi connectivity index (χ1v) is 12.6. The number of carbonyl (C=O) groups is 1. The van der Waals surface area contributed by atoms with Crippen LogP contribution in [0.25, 0.3) is 0 Å². The van der Waals surface area contributed by atoms with E-state index in [0.717, 1.165) is 30.2 Å². The third-order valence-corrected chi connectivity index (χ3v) is 6.19. The molecule has 1 aromatic rings. The van der Waals surface area contributed by atoms with Gasteiger partial charge in [-0.05, 0) is 101 Å². The Balaban J connectivity index is 0.00000233.